The van der Waals surface area contributed by atoms with Crippen LogP contribution in [-0.4, -0.2) is 58.0 Å². The quantitative estimate of drug-likeness (QED) is 0.763. The second kappa shape index (κ2) is 5.89. The lowest BCUT2D eigenvalue weighted by Crippen LogP contribution is -2.40. The van der Waals surface area contributed by atoms with Crippen LogP contribution in [0.2, 0.25) is 0 Å². The second-order valence-corrected chi connectivity index (χ2v) is 8.12. The van der Waals surface area contributed by atoms with Gasteiger partial charge in [0.1, 0.15) is 29.9 Å². The maximum atomic E-state index is 6.23. The molecule has 4 heterocycles. The highest BCUT2D eigenvalue weighted by atomic mass is 32.2. The van der Waals surface area contributed by atoms with Gasteiger partial charge >= 0.3 is 0 Å². The Morgan fingerprint density at radius 1 is 0.958 bits per heavy atom. The molecule has 0 saturated carbocycles. The third kappa shape index (κ3) is 3.18. The van der Waals surface area contributed by atoms with Crippen LogP contribution in [0.1, 0.15) is 27.7 Å². The second-order valence-electron chi connectivity index (χ2n) is 7.05. The summed E-state index contributed by atoms with van der Waals surface area (Å²) in [5.41, 5.74) is -0.253. The Bertz CT molecular complexity index is 599. The number of fused-ring (bicyclic) bond motifs is 1. The van der Waals surface area contributed by atoms with E-state index in [9.17, 15) is 0 Å². The zero-order chi connectivity index (χ0) is 16.9. The Balaban J connectivity index is 1.54. The standard InChI is InChI=1S/C16H22N2O5S/c1-15(2)19-8-9(21-15)10-11-12(23-16(3,4)22-11)13(20-10)24-14-17-6-5-7-18-14/h5-7,9-13H,8H2,1-4H3/t9-,10-,11+,12+,13?/m1/s1. The number of ether oxygens (including phenoxy) is 5. The average molecular weight is 354 g/mol. The summed E-state index contributed by atoms with van der Waals surface area (Å²) in [6, 6.07) is 1.79. The number of aromatic nitrogens is 2. The molecule has 7 nitrogen and oxygen atoms in total. The van der Waals surface area contributed by atoms with Crippen LogP contribution >= 0.6 is 11.8 Å². The van der Waals surface area contributed by atoms with E-state index in [2.05, 4.69) is 9.97 Å². The van der Waals surface area contributed by atoms with Crippen LogP contribution in [-0.2, 0) is 23.7 Å². The number of thioether (sulfide) groups is 1. The fourth-order valence-electron chi connectivity index (χ4n) is 3.31. The zero-order valence-corrected chi connectivity index (χ0v) is 15.0. The highest BCUT2D eigenvalue weighted by molar-refractivity contribution is 7.99. The minimum absolute atomic E-state index is 0.188. The van der Waals surface area contributed by atoms with Crippen LogP contribution < -0.4 is 0 Å². The molecule has 0 N–H and O–H groups in total. The molecule has 24 heavy (non-hydrogen) atoms. The Morgan fingerprint density at radius 3 is 2.33 bits per heavy atom. The zero-order valence-electron chi connectivity index (χ0n) is 14.2. The van der Waals surface area contributed by atoms with E-state index in [0.29, 0.717) is 11.8 Å². The van der Waals surface area contributed by atoms with Crippen LogP contribution in [0.5, 0.6) is 0 Å². The predicted molar refractivity (Wildman–Crippen MR) is 85.3 cm³/mol. The van der Waals surface area contributed by atoms with Gasteiger partial charge in [-0.3, -0.25) is 0 Å². The van der Waals surface area contributed by atoms with Crippen molar-refractivity contribution in [3.8, 4) is 0 Å². The lowest BCUT2D eigenvalue weighted by molar-refractivity contribution is -0.198. The van der Waals surface area contributed by atoms with Gasteiger partial charge in [-0.15, -0.1) is 0 Å². The Morgan fingerprint density at radius 2 is 1.67 bits per heavy atom. The Labute approximate surface area is 145 Å². The maximum Gasteiger partial charge on any atom is 0.190 e. The fraction of sp³-hybridized carbons (Fsp3) is 0.750. The van der Waals surface area contributed by atoms with Crippen LogP contribution in [0.4, 0.5) is 0 Å². The fourth-order valence-corrected chi connectivity index (χ4v) is 4.29. The monoisotopic (exact) mass is 354 g/mol. The highest BCUT2D eigenvalue weighted by Gasteiger charge is 2.59. The van der Waals surface area contributed by atoms with Crippen molar-refractivity contribution < 1.29 is 23.7 Å². The molecule has 132 valence electrons. The van der Waals surface area contributed by atoms with E-state index in [1.54, 1.807) is 18.5 Å². The van der Waals surface area contributed by atoms with Gasteiger partial charge in [-0.05, 0) is 33.8 Å². The normalized spacial score (nSPS) is 39.9. The van der Waals surface area contributed by atoms with Gasteiger partial charge in [0.15, 0.2) is 16.7 Å². The van der Waals surface area contributed by atoms with E-state index in [4.69, 9.17) is 23.7 Å². The summed E-state index contributed by atoms with van der Waals surface area (Å²) in [5, 5.41) is 0.652. The lowest BCUT2D eigenvalue weighted by Gasteiger charge is -2.26. The molecule has 3 fully saturated rings. The number of rotatable bonds is 3. The first kappa shape index (κ1) is 16.7. The minimum atomic E-state index is -0.650. The van der Waals surface area contributed by atoms with Crippen LogP contribution in [0.25, 0.3) is 0 Å². The van der Waals surface area contributed by atoms with Gasteiger partial charge in [0.2, 0.25) is 0 Å². The molecule has 0 aromatic carbocycles. The summed E-state index contributed by atoms with van der Waals surface area (Å²) in [7, 11) is 0. The smallest absolute Gasteiger partial charge is 0.190 e. The van der Waals surface area contributed by atoms with E-state index >= 15 is 0 Å². The summed E-state index contributed by atoms with van der Waals surface area (Å²) in [6.07, 6.45) is 2.58. The molecule has 1 unspecified atom stereocenters. The first-order valence-corrected chi connectivity index (χ1v) is 8.98. The number of hydrogen-bond acceptors (Lipinski definition) is 8. The molecule has 0 radical (unpaired) electrons. The summed E-state index contributed by atoms with van der Waals surface area (Å²) >= 11 is 1.44. The third-order valence-electron chi connectivity index (χ3n) is 4.21. The topological polar surface area (TPSA) is 71.9 Å². The molecule has 3 aliphatic rings. The molecule has 3 saturated heterocycles. The molecule has 5 atom stereocenters. The van der Waals surface area contributed by atoms with Gasteiger partial charge in [-0.2, -0.15) is 0 Å². The molecular weight excluding hydrogens is 332 g/mol. The molecule has 0 bridgehead atoms. The molecular formula is C16H22N2O5S. The first-order valence-electron chi connectivity index (χ1n) is 8.10. The molecule has 0 spiro atoms. The number of nitrogens with zero attached hydrogens (tertiary/aromatic N) is 2. The van der Waals surface area contributed by atoms with E-state index in [-0.39, 0.29) is 29.9 Å². The van der Waals surface area contributed by atoms with E-state index in [1.807, 2.05) is 27.7 Å². The van der Waals surface area contributed by atoms with Gasteiger partial charge in [-0.25, -0.2) is 9.97 Å². The van der Waals surface area contributed by atoms with Crippen LogP contribution in [0.15, 0.2) is 23.6 Å². The predicted octanol–water partition coefficient (Wildman–Crippen LogP) is 1.97. The van der Waals surface area contributed by atoms with Crippen molar-refractivity contribution in [2.45, 2.75) is 74.3 Å². The van der Waals surface area contributed by atoms with Crippen molar-refractivity contribution >= 4 is 11.8 Å². The summed E-state index contributed by atoms with van der Waals surface area (Å²) in [4.78, 5) is 8.52. The van der Waals surface area contributed by atoms with E-state index in [1.165, 1.54) is 11.8 Å². The molecule has 1 aromatic heterocycles. The van der Waals surface area contributed by atoms with Gasteiger partial charge in [0.05, 0.1) is 6.61 Å². The molecule has 3 aliphatic heterocycles. The van der Waals surface area contributed by atoms with Crippen molar-refractivity contribution in [1.29, 1.82) is 0 Å². The lowest BCUT2D eigenvalue weighted by atomic mass is 10.1. The third-order valence-corrected chi connectivity index (χ3v) is 5.24. The van der Waals surface area contributed by atoms with Gasteiger partial charge in [-0.1, -0.05) is 11.8 Å². The van der Waals surface area contributed by atoms with Crippen LogP contribution in [0.3, 0.4) is 0 Å². The van der Waals surface area contributed by atoms with Gasteiger partial charge < -0.3 is 23.7 Å². The Kier molecular flexibility index (Phi) is 4.10. The van der Waals surface area contributed by atoms with E-state index < -0.39 is 11.6 Å². The minimum Gasteiger partial charge on any atom is -0.355 e. The van der Waals surface area contributed by atoms with Crippen molar-refractivity contribution in [3.05, 3.63) is 18.5 Å². The van der Waals surface area contributed by atoms with Crippen LogP contribution in [0, 0.1) is 0 Å². The van der Waals surface area contributed by atoms with Crippen molar-refractivity contribution in [3.63, 3.8) is 0 Å². The number of hydrogen-bond donors (Lipinski definition) is 0. The van der Waals surface area contributed by atoms with E-state index in [0.717, 1.165) is 0 Å². The molecule has 8 heteroatoms. The van der Waals surface area contributed by atoms with Gasteiger partial charge in [0, 0.05) is 12.4 Å². The molecule has 4 rings (SSSR count). The average Bonchev–Trinajstić information content (AvgIpc) is 3.12. The van der Waals surface area contributed by atoms with Crippen molar-refractivity contribution in [2.75, 3.05) is 6.61 Å². The molecule has 0 aliphatic carbocycles. The Hall–Kier alpha value is -0.770. The van der Waals surface area contributed by atoms with Gasteiger partial charge in [0.25, 0.3) is 0 Å². The first-order chi connectivity index (χ1) is 11.3. The summed E-state index contributed by atoms with van der Waals surface area (Å²) < 4.78 is 30.1. The molecule has 1 aromatic rings. The van der Waals surface area contributed by atoms with Crippen molar-refractivity contribution in [2.24, 2.45) is 0 Å². The van der Waals surface area contributed by atoms with Crippen molar-refractivity contribution in [1.82, 2.24) is 9.97 Å². The maximum absolute atomic E-state index is 6.23. The SMILES string of the molecule is CC1(C)O[C@H]2[C@@H]([C@H]3COC(C)(C)O3)OC(Sc3ncccn3)[C@H]2O1. The summed E-state index contributed by atoms with van der Waals surface area (Å²) in [5.74, 6) is -1.25. The molecule has 0 amide bonds. The highest BCUT2D eigenvalue weighted by Crippen LogP contribution is 2.46. The largest absolute Gasteiger partial charge is 0.355 e. The summed E-state index contributed by atoms with van der Waals surface area (Å²) in [6.45, 7) is 8.11.